The molecule has 11 heteroatoms. The highest BCUT2D eigenvalue weighted by Crippen LogP contribution is 2.32. The van der Waals surface area contributed by atoms with Gasteiger partial charge in [0.2, 0.25) is 10.0 Å². The lowest BCUT2D eigenvalue weighted by Gasteiger charge is -2.29. The number of ether oxygens (including phenoxy) is 1. The number of nitrogens with zero attached hydrogens (tertiary/aromatic N) is 3. The Kier molecular flexibility index (Phi) is 7.14. The molecule has 3 aromatic rings. The third-order valence-electron chi connectivity index (χ3n) is 5.87. The van der Waals surface area contributed by atoms with E-state index in [-0.39, 0.29) is 22.9 Å². The SMILES string of the molecule is CC1(C)CN(c2ccc(OC(F)(F)F)cc2)CN1Cc1ccnc(NS(=O)(=O)Cc2ccccc2)c1. The van der Waals surface area contributed by atoms with E-state index in [0.717, 1.165) is 11.3 Å². The standard InChI is InChI=1S/C25H27F3N4O3S/c1-24(2)17-31(21-8-10-22(11-9-21)35-25(26,27)28)18-32(24)15-20-12-13-29-23(14-20)30-36(33,34)16-19-6-4-3-5-7-19/h3-14H,15-18H2,1-2H3,(H,29,30). The molecule has 192 valence electrons. The average molecular weight is 521 g/mol. The number of rotatable bonds is 8. The van der Waals surface area contributed by atoms with Crippen LogP contribution < -0.4 is 14.4 Å². The summed E-state index contributed by atoms with van der Waals surface area (Å²) in [6, 6.07) is 18.3. The fourth-order valence-electron chi connectivity index (χ4n) is 4.15. The van der Waals surface area contributed by atoms with Crippen molar-refractivity contribution in [2.75, 3.05) is 22.8 Å². The van der Waals surface area contributed by atoms with Gasteiger partial charge in [-0.25, -0.2) is 13.4 Å². The van der Waals surface area contributed by atoms with Gasteiger partial charge >= 0.3 is 6.36 Å². The predicted octanol–water partition coefficient (Wildman–Crippen LogP) is 4.98. The first-order valence-electron chi connectivity index (χ1n) is 11.2. The van der Waals surface area contributed by atoms with Gasteiger partial charge in [0.15, 0.2) is 0 Å². The molecule has 0 spiro atoms. The van der Waals surface area contributed by atoms with Crippen LogP contribution in [0.5, 0.6) is 5.75 Å². The molecule has 1 saturated heterocycles. The molecule has 1 aromatic heterocycles. The molecule has 1 aliphatic heterocycles. The van der Waals surface area contributed by atoms with E-state index in [0.29, 0.717) is 25.3 Å². The Bertz CT molecular complexity index is 1280. The largest absolute Gasteiger partial charge is 0.573 e. The second-order valence-corrected chi connectivity index (χ2v) is 11.0. The lowest BCUT2D eigenvalue weighted by molar-refractivity contribution is -0.274. The van der Waals surface area contributed by atoms with Crippen LogP contribution >= 0.6 is 0 Å². The monoisotopic (exact) mass is 520 g/mol. The van der Waals surface area contributed by atoms with Crippen molar-refractivity contribution in [3.05, 3.63) is 84.1 Å². The van der Waals surface area contributed by atoms with Crippen molar-refractivity contribution in [2.24, 2.45) is 0 Å². The van der Waals surface area contributed by atoms with Gasteiger partial charge in [-0.1, -0.05) is 30.3 Å². The van der Waals surface area contributed by atoms with Crippen LogP contribution in [0.4, 0.5) is 24.7 Å². The van der Waals surface area contributed by atoms with Crippen molar-refractivity contribution in [3.63, 3.8) is 0 Å². The Morgan fingerprint density at radius 3 is 2.39 bits per heavy atom. The van der Waals surface area contributed by atoms with Gasteiger partial charge < -0.3 is 9.64 Å². The highest BCUT2D eigenvalue weighted by Gasteiger charge is 2.37. The summed E-state index contributed by atoms with van der Waals surface area (Å²) in [6.45, 7) is 5.91. The topological polar surface area (TPSA) is 74.8 Å². The fraction of sp³-hybridized carbons (Fsp3) is 0.320. The third kappa shape index (κ3) is 6.88. The second-order valence-electron chi connectivity index (χ2n) is 9.29. The normalized spacial score (nSPS) is 16.2. The quantitative estimate of drug-likeness (QED) is 0.452. The molecule has 0 amide bonds. The zero-order valence-corrected chi connectivity index (χ0v) is 20.7. The minimum absolute atomic E-state index is 0.152. The van der Waals surface area contributed by atoms with Crippen LogP contribution in [-0.2, 0) is 22.3 Å². The van der Waals surface area contributed by atoms with Gasteiger partial charge in [-0.15, -0.1) is 13.2 Å². The number of benzene rings is 2. The van der Waals surface area contributed by atoms with Crippen LogP contribution in [0.25, 0.3) is 0 Å². The Balaban J connectivity index is 1.42. The first-order valence-corrected chi connectivity index (χ1v) is 12.9. The molecule has 0 aliphatic carbocycles. The van der Waals surface area contributed by atoms with E-state index in [9.17, 15) is 21.6 Å². The fourth-order valence-corrected chi connectivity index (χ4v) is 5.28. The molecule has 4 rings (SSSR count). The van der Waals surface area contributed by atoms with Gasteiger partial charge in [-0.2, -0.15) is 0 Å². The molecule has 2 heterocycles. The van der Waals surface area contributed by atoms with Crippen LogP contribution in [0.1, 0.15) is 25.0 Å². The number of aromatic nitrogens is 1. The maximum atomic E-state index is 12.6. The molecule has 1 fully saturated rings. The van der Waals surface area contributed by atoms with Gasteiger partial charge in [-0.05, 0) is 61.4 Å². The van der Waals surface area contributed by atoms with Gasteiger partial charge in [0.05, 0.1) is 12.4 Å². The van der Waals surface area contributed by atoms with Crippen molar-refractivity contribution in [3.8, 4) is 5.75 Å². The molecule has 0 atom stereocenters. The van der Waals surface area contributed by atoms with E-state index in [2.05, 4.69) is 38.1 Å². The number of nitrogens with one attached hydrogen (secondary N) is 1. The number of halogens is 3. The van der Waals surface area contributed by atoms with Gasteiger partial charge in [-0.3, -0.25) is 9.62 Å². The van der Waals surface area contributed by atoms with Crippen molar-refractivity contribution < 1.29 is 26.3 Å². The molecular weight excluding hydrogens is 493 g/mol. The Labute approximate surface area is 208 Å². The summed E-state index contributed by atoms with van der Waals surface area (Å²) in [6.07, 6.45) is -3.16. The predicted molar refractivity (Wildman–Crippen MR) is 132 cm³/mol. The minimum atomic E-state index is -4.73. The van der Waals surface area contributed by atoms with Gasteiger partial charge in [0.1, 0.15) is 11.6 Å². The number of anilines is 2. The highest BCUT2D eigenvalue weighted by molar-refractivity contribution is 7.91. The summed E-state index contributed by atoms with van der Waals surface area (Å²) in [5.74, 6) is -0.168. The molecule has 2 aromatic carbocycles. The molecular formula is C25H27F3N4O3S. The third-order valence-corrected chi connectivity index (χ3v) is 7.10. The Morgan fingerprint density at radius 1 is 1.03 bits per heavy atom. The maximum Gasteiger partial charge on any atom is 0.573 e. The summed E-state index contributed by atoms with van der Waals surface area (Å²) < 4.78 is 69.0. The van der Waals surface area contributed by atoms with E-state index < -0.39 is 16.4 Å². The highest BCUT2D eigenvalue weighted by atomic mass is 32.2. The zero-order valence-electron chi connectivity index (χ0n) is 19.9. The molecule has 0 unspecified atom stereocenters. The number of alkyl halides is 3. The average Bonchev–Trinajstić information content (AvgIpc) is 3.07. The first kappa shape index (κ1) is 25.8. The van der Waals surface area contributed by atoms with Gasteiger partial charge in [0, 0.05) is 30.5 Å². The molecule has 0 saturated carbocycles. The van der Waals surface area contributed by atoms with Crippen LogP contribution in [-0.4, -0.2) is 43.4 Å². The van der Waals surface area contributed by atoms with Crippen LogP contribution in [0.2, 0.25) is 0 Å². The van der Waals surface area contributed by atoms with Crippen molar-refractivity contribution >= 4 is 21.5 Å². The molecule has 7 nitrogen and oxygen atoms in total. The Hall–Kier alpha value is -3.31. The summed E-state index contributed by atoms with van der Waals surface area (Å²) in [7, 11) is -3.63. The molecule has 36 heavy (non-hydrogen) atoms. The second kappa shape index (κ2) is 9.98. The van der Waals surface area contributed by atoms with E-state index >= 15 is 0 Å². The summed E-state index contributed by atoms with van der Waals surface area (Å²) in [5.41, 5.74) is 2.10. The van der Waals surface area contributed by atoms with Gasteiger partial charge in [0.25, 0.3) is 0 Å². The summed E-state index contributed by atoms with van der Waals surface area (Å²) in [4.78, 5) is 8.45. The lowest BCUT2D eigenvalue weighted by atomic mass is 10.0. The summed E-state index contributed by atoms with van der Waals surface area (Å²) in [5, 5.41) is 0. The molecule has 1 aliphatic rings. The van der Waals surface area contributed by atoms with E-state index in [4.69, 9.17) is 0 Å². The smallest absolute Gasteiger partial charge is 0.406 e. The lowest BCUT2D eigenvalue weighted by Crippen LogP contribution is -2.39. The van der Waals surface area contributed by atoms with E-state index in [1.807, 2.05) is 12.1 Å². The molecule has 1 N–H and O–H groups in total. The van der Waals surface area contributed by atoms with Crippen LogP contribution in [0, 0.1) is 0 Å². The Morgan fingerprint density at radius 2 is 1.72 bits per heavy atom. The summed E-state index contributed by atoms with van der Waals surface area (Å²) >= 11 is 0. The molecule has 0 radical (unpaired) electrons. The number of hydrogen-bond donors (Lipinski definition) is 1. The van der Waals surface area contributed by atoms with Crippen molar-refractivity contribution in [1.82, 2.24) is 9.88 Å². The van der Waals surface area contributed by atoms with Crippen LogP contribution in [0.15, 0.2) is 72.9 Å². The minimum Gasteiger partial charge on any atom is -0.406 e. The first-order chi connectivity index (χ1) is 16.9. The van der Waals surface area contributed by atoms with Crippen LogP contribution in [0.3, 0.4) is 0 Å². The van der Waals surface area contributed by atoms with E-state index in [1.54, 1.807) is 48.7 Å². The number of hydrogen-bond acceptors (Lipinski definition) is 6. The van der Waals surface area contributed by atoms with Crippen molar-refractivity contribution in [2.45, 2.75) is 38.0 Å². The maximum absolute atomic E-state index is 12.6. The number of sulfonamides is 1. The van der Waals surface area contributed by atoms with E-state index in [1.165, 1.54) is 12.1 Å². The van der Waals surface area contributed by atoms with Crippen molar-refractivity contribution in [1.29, 1.82) is 0 Å². The number of pyridine rings is 1. The molecule has 0 bridgehead atoms. The zero-order chi connectivity index (χ0) is 26.0.